The molecule has 54 heavy (non-hydrogen) atoms. The Balaban J connectivity index is 0.000000436. The van der Waals surface area contributed by atoms with Gasteiger partial charge in [-0.3, -0.25) is 4.90 Å². The summed E-state index contributed by atoms with van der Waals surface area (Å²) in [7, 11) is 1.17. The molecule has 10 nitrogen and oxygen atoms in total. The van der Waals surface area contributed by atoms with Crippen LogP contribution in [0, 0.1) is 28.8 Å². The van der Waals surface area contributed by atoms with Gasteiger partial charge in [0.15, 0.2) is 5.82 Å². The molecule has 4 aromatic rings. The van der Waals surface area contributed by atoms with Crippen molar-refractivity contribution >= 4 is 34.3 Å². The Morgan fingerprint density at radius 1 is 1.19 bits per heavy atom. The molecule has 2 atom stereocenters. The smallest absolute Gasteiger partial charge is 0.420 e. The van der Waals surface area contributed by atoms with Gasteiger partial charge in [-0.25, -0.2) is 22.5 Å². The van der Waals surface area contributed by atoms with E-state index in [-0.39, 0.29) is 41.9 Å². The van der Waals surface area contributed by atoms with Crippen molar-refractivity contribution in [2.45, 2.75) is 62.9 Å². The van der Waals surface area contributed by atoms with E-state index in [1.807, 2.05) is 13.8 Å². The number of pyridine rings is 1. The summed E-state index contributed by atoms with van der Waals surface area (Å²) in [5.74, 6) is -4.28. The van der Waals surface area contributed by atoms with E-state index in [0.29, 0.717) is 24.3 Å². The molecule has 0 spiro atoms. The summed E-state index contributed by atoms with van der Waals surface area (Å²) < 4.78 is 113. The summed E-state index contributed by atoms with van der Waals surface area (Å²) in [5.41, 5.74) is 7.12. The van der Waals surface area contributed by atoms with Gasteiger partial charge in [0.25, 0.3) is 0 Å². The highest BCUT2D eigenvalue weighted by atomic mass is 32.2. The number of rotatable bonds is 6. The van der Waals surface area contributed by atoms with Crippen LogP contribution in [0.25, 0.3) is 22.0 Å². The predicted octanol–water partition coefficient (Wildman–Crippen LogP) is 7.73. The number of nitriles is 1. The molecule has 2 aromatic heterocycles. The second-order valence-electron chi connectivity index (χ2n) is 12.2. The number of aromatic nitrogens is 3. The third-order valence-corrected chi connectivity index (χ3v) is 9.75. The van der Waals surface area contributed by atoms with E-state index < -0.39 is 79.6 Å². The zero-order chi connectivity index (χ0) is 39.5. The molecule has 0 saturated carbocycles. The van der Waals surface area contributed by atoms with E-state index in [1.165, 1.54) is 24.9 Å². The number of hydrogen-bond donors (Lipinski definition) is 2. The summed E-state index contributed by atoms with van der Waals surface area (Å²) in [4.78, 5) is 15.2. The lowest BCUT2D eigenvalue weighted by atomic mass is 9.92. The molecule has 7 rings (SSSR count). The van der Waals surface area contributed by atoms with Crippen molar-refractivity contribution in [2.75, 3.05) is 44.0 Å². The quantitative estimate of drug-likeness (QED) is 0.147. The molecule has 0 aliphatic carbocycles. The Hall–Kier alpha value is -5.02. The van der Waals surface area contributed by atoms with E-state index in [1.54, 1.807) is 6.07 Å². The van der Waals surface area contributed by atoms with E-state index in [9.17, 15) is 31.6 Å². The molecule has 18 heteroatoms. The Kier molecular flexibility index (Phi) is 12.3. The molecule has 5 heterocycles. The third-order valence-electron chi connectivity index (χ3n) is 8.89. The summed E-state index contributed by atoms with van der Waals surface area (Å²) in [5, 5.41) is 9.28. The molecule has 288 valence electrons. The Morgan fingerprint density at radius 3 is 2.57 bits per heavy atom. The van der Waals surface area contributed by atoms with Crippen LogP contribution in [-0.4, -0.2) is 65.4 Å². The fraction of sp³-hybridized carbons (Fsp3) is 0.389. The number of fused-ring (bicyclic) bond motifs is 1. The lowest BCUT2D eigenvalue weighted by molar-refractivity contribution is -0.138. The van der Waals surface area contributed by atoms with Crippen LogP contribution in [0.4, 0.5) is 42.4 Å². The minimum atomic E-state index is -5.26. The van der Waals surface area contributed by atoms with Crippen LogP contribution < -0.4 is 25.8 Å². The molecule has 2 unspecified atom stereocenters. The van der Waals surface area contributed by atoms with Crippen LogP contribution in [0.5, 0.6) is 11.8 Å². The molecule has 2 aromatic carbocycles. The highest BCUT2D eigenvalue weighted by Crippen LogP contribution is 2.52. The first-order valence-corrected chi connectivity index (χ1v) is 17.7. The number of nitrogens with two attached hydrogens (primary N) is 2. The molecule has 3 aliphatic heterocycles. The van der Waals surface area contributed by atoms with Gasteiger partial charge in [-0.2, -0.15) is 28.4 Å². The van der Waals surface area contributed by atoms with Crippen LogP contribution in [0.3, 0.4) is 0 Å². The molecular weight excluding hydrogens is 742 g/mol. The Labute approximate surface area is 310 Å². The maximum atomic E-state index is 16.5. The molecule has 0 radical (unpaired) electrons. The van der Waals surface area contributed by atoms with Gasteiger partial charge in [0.05, 0.1) is 40.7 Å². The first-order valence-electron chi connectivity index (χ1n) is 16.9. The van der Waals surface area contributed by atoms with Gasteiger partial charge in [0.2, 0.25) is 0 Å². The number of anilines is 2. The maximum absolute atomic E-state index is 16.5. The second kappa shape index (κ2) is 16.6. The summed E-state index contributed by atoms with van der Waals surface area (Å²) in [6.45, 7) is 8.62. The fourth-order valence-electron chi connectivity index (χ4n) is 6.73. The Bertz CT molecular complexity index is 2080. The average molecular weight is 779 g/mol. The number of halogens is 7. The van der Waals surface area contributed by atoms with Crippen molar-refractivity contribution in [3.8, 4) is 29.0 Å². The van der Waals surface area contributed by atoms with Gasteiger partial charge in [-0.1, -0.05) is 32.2 Å². The van der Waals surface area contributed by atoms with E-state index in [2.05, 4.69) is 26.4 Å². The van der Waals surface area contributed by atoms with Gasteiger partial charge >= 0.3 is 12.2 Å². The highest BCUT2D eigenvalue weighted by Gasteiger charge is 2.44. The average Bonchev–Trinajstić information content (AvgIpc) is 3.66. The largest absolute Gasteiger partial charge is 0.490 e. The molecule has 2 fully saturated rings. The third kappa shape index (κ3) is 8.06. The highest BCUT2D eigenvalue weighted by molar-refractivity contribution is 8.03. The fourth-order valence-corrected chi connectivity index (χ4v) is 7.41. The van der Waals surface area contributed by atoms with Crippen LogP contribution >= 0.6 is 11.8 Å². The van der Waals surface area contributed by atoms with Crippen molar-refractivity contribution in [3.63, 3.8) is 0 Å². The lowest BCUT2D eigenvalue weighted by Gasteiger charge is -2.24. The van der Waals surface area contributed by atoms with Gasteiger partial charge < -0.3 is 25.8 Å². The molecular formula is C36H37F7N8O2S. The van der Waals surface area contributed by atoms with Gasteiger partial charge in [0.1, 0.15) is 58.9 Å². The number of nitrogen functional groups attached to an aromatic ring is 1. The summed E-state index contributed by atoms with van der Waals surface area (Å²) >= 11 is 0.501. The minimum Gasteiger partial charge on any atom is -0.490 e. The number of thioether (sulfide) groups is 1. The minimum absolute atomic E-state index is 0.0456. The van der Waals surface area contributed by atoms with Gasteiger partial charge in [0, 0.05) is 35.8 Å². The molecule has 0 bridgehead atoms. The lowest BCUT2D eigenvalue weighted by Crippen LogP contribution is -2.28. The Morgan fingerprint density at radius 2 is 1.93 bits per heavy atom. The number of nitrogens with zero attached hydrogens (tertiary/aromatic N) is 6. The second-order valence-corrected chi connectivity index (χ2v) is 13.4. The SMILES string of the molecule is C=C(N)Sc1c(F)ccc(-c2c(C(F)(F)F)c3c4c(nc(OC)nc4c2F)N(Cc2cc(F)cnc2N)CCO3)c1C#N.CC.FC1CC2CCCN2C1. The van der Waals surface area contributed by atoms with E-state index in [0.717, 1.165) is 37.4 Å². The van der Waals surface area contributed by atoms with Crippen LogP contribution in [-0.2, 0) is 12.7 Å². The zero-order valence-electron chi connectivity index (χ0n) is 29.5. The summed E-state index contributed by atoms with van der Waals surface area (Å²) in [6, 6.07) is 4.59. The normalized spacial score (nSPS) is 17.7. The van der Waals surface area contributed by atoms with Crippen molar-refractivity contribution in [2.24, 2.45) is 5.73 Å². The monoisotopic (exact) mass is 778 g/mol. The first kappa shape index (κ1) is 40.2. The van der Waals surface area contributed by atoms with Crippen molar-refractivity contribution in [1.82, 2.24) is 19.9 Å². The van der Waals surface area contributed by atoms with Crippen molar-refractivity contribution in [3.05, 3.63) is 70.1 Å². The predicted molar refractivity (Wildman–Crippen MR) is 191 cm³/mol. The van der Waals surface area contributed by atoms with Gasteiger partial charge in [-0.15, -0.1) is 0 Å². The molecule has 3 aliphatic rings. The number of benzene rings is 2. The summed E-state index contributed by atoms with van der Waals surface area (Å²) in [6.07, 6.45) is -1.54. The number of ether oxygens (including phenoxy) is 2. The van der Waals surface area contributed by atoms with Crippen LogP contribution in [0.2, 0.25) is 0 Å². The van der Waals surface area contributed by atoms with Crippen LogP contribution in [0.1, 0.15) is 49.8 Å². The standard InChI is InChI=1S/C27H19F6N7O2S.C7H12FN.C2H6/c1-11(35)43-23-15(8-34)14(3-4-16(23)29)17-19(27(31,32)33)22-18-21(20(17)30)38-26(41-2)39-25(18)40(5-6-42-22)10-12-7-13(28)9-37-24(12)36;8-6-4-7-2-1-3-9(7)5-6;1-2/h3-4,7,9H,1,5-6,10,35H2,2H3,(H2,36,37);6-7H,1-5H2;1-2H3. The first-order chi connectivity index (χ1) is 25.7. The van der Waals surface area contributed by atoms with Crippen molar-refractivity contribution in [1.29, 1.82) is 5.26 Å². The van der Waals surface area contributed by atoms with Gasteiger partial charge in [-0.05, 0) is 44.0 Å². The van der Waals surface area contributed by atoms with E-state index >= 15 is 4.39 Å². The molecule has 0 amide bonds. The topological polar surface area (TPSA) is 139 Å². The molecule has 4 N–H and O–H groups in total. The number of alkyl halides is 4. The number of methoxy groups -OCH3 is 1. The van der Waals surface area contributed by atoms with Crippen LogP contribution in [0.15, 0.2) is 40.9 Å². The zero-order valence-corrected chi connectivity index (χ0v) is 30.4. The number of hydrogen-bond acceptors (Lipinski definition) is 11. The molecule has 2 saturated heterocycles. The van der Waals surface area contributed by atoms with Crippen molar-refractivity contribution < 1.29 is 40.2 Å². The van der Waals surface area contributed by atoms with E-state index in [4.69, 9.17) is 20.9 Å². The maximum Gasteiger partial charge on any atom is 0.420 e.